The predicted octanol–water partition coefficient (Wildman–Crippen LogP) is 2.87. The van der Waals surface area contributed by atoms with E-state index in [0.717, 1.165) is 22.3 Å². The van der Waals surface area contributed by atoms with Crippen molar-refractivity contribution in [1.82, 2.24) is 25.4 Å². The topological polar surface area (TPSA) is 69.6 Å². The Bertz CT molecular complexity index is 764. The van der Waals surface area contributed by atoms with E-state index in [1.54, 1.807) is 4.68 Å². The Kier molecular flexibility index (Phi) is 3.74. The van der Waals surface area contributed by atoms with Crippen LogP contribution in [-0.2, 0) is 5.75 Å². The van der Waals surface area contributed by atoms with Gasteiger partial charge in [0.1, 0.15) is 5.76 Å². The number of benzene rings is 1. The Hall–Kier alpha value is -2.15. The van der Waals surface area contributed by atoms with Crippen molar-refractivity contribution >= 4 is 11.8 Å². The number of tetrazole rings is 1. The third kappa shape index (κ3) is 2.82. The highest BCUT2D eigenvalue weighted by Gasteiger charge is 2.13. The van der Waals surface area contributed by atoms with Gasteiger partial charge in [-0.25, -0.2) is 0 Å². The first kappa shape index (κ1) is 13.8. The van der Waals surface area contributed by atoms with Crippen molar-refractivity contribution in [3.8, 4) is 5.69 Å². The van der Waals surface area contributed by atoms with E-state index in [9.17, 15) is 0 Å². The second kappa shape index (κ2) is 5.69. The van der Waals surface area contributed by atoms with Crippen molar-refractivity contribution in [1.29, 1.82) is 0 Å². The largest absolute Gasteiger partial charge is 0.360 e. The number of aromatic nitrogens is 5. The molecule has 108 valence electrons. The van der Waals surface area contributed by atoms with Crippen molar-refractivity contribution in [2.24, 2.45) is 0 Å². The van der Waals surface area contributed by atoms with Crippen molar-refractivity contribution in [3.05, 3.63) is 46.8 Å². The Morgan fingerprint density at radius 3 is 2.86 bits per heavy atom. The van der Waals surface area contributed by atoms with E-state index in [-0.39, 0.29) is 0 Å². The fourth-order valence-electron chi connectivity index (χ4n) is 2.01. The molecule has 3 aromatic rings. The van der Waals surface area contributed by atoms with Crippen molar-refractivity contribution in [2.45, 2.75) is 31.7 Å². The molecule has 0 N–H and O–H groups in total. The Morgan fingerprint density at radius 2 is 2.10 bits per heavy atom. The Labute approximate surface area is 126 Å². The summed E-state index contributed by atoms with van der Waals surface area (Å²) in [5.41, 5.74) is 4.25. The van der Waals surface area contributed by atoms with Gasteiger partial charge in [-0.15, -0.1) is 5.10 Å². The van der Waals surface area contributed by atoms with Crippen molar-refractivity contribution in [3.63, 3.8) is 0 Å². The van der Waals surface area contributed by atoms with Crippen LogP contribution in [0.25, 0.3) is 5.69 Å². The summed E-state index contributed by atoms with van der Waals surface area (Å²) in [4.78, 5) is 0. The van der Waals surface area contributed by atoms with Gasteiger partial charge >= 0.3 is 0 Å². The third-order valence-electron chi connectivity index (χ3n) is 3.27. The maximum atomic E-state index is 5.20. The molecular weight excluding hydrogens is 286 g/mol. The zero-order valence-corrected chi connectivity index (χ0v) is 12.9. The van der Waals surface area contributed by atoms with Gasteiger partial charge in [0.25, 0.3) is 0 Å². The van der Waals surface area contributed by atoms with Gasteiger partial charge in [0.2, 0.25) is 5.16 Å². The number of thioether (sulfide) groups is 1. The van der Waals surface area contributed by atoms with E-state index in [0.29, 0.717) is 5.75 Å². The van der Waals surface area contributed by atoms with Gasteiger partial charge in [0.15, 0.2) is 0 Å². The van der Waals surface area contributed by atoms with Crippen LogP contribution < -0.4 is 0 Å². The highest BCUT2D eigenvalue weighted by Crippen LogP contribution is 2.25. The molecule has 0 aliphatic carbocycles. The van der Waals surface area contributed by atoms with Gasteiger partial charge in [-0.3, -0.25) is 0 Å². The van der Waals surface area contributed by atoms with E-state index >= 15 is 0 Å². The maximum absolute atomic E-state index is 5.20. The lowest BCUT2D eigenvalue weighted by Crippen LogP contribution is -2.02. The summed E-state index contributed by atoms with van der Waals surface area (Å²) >= 11 is 1.52. The van der Waals surface area contributed by atoms with Gasteiger partial charge in [0.05, 0.1) is 17.1 Å². The van der Waals surface area contributed by atoms with E-state index in [1.807, 2.05) is 25.1 Å². The van der Waals surface area contributed by atoms with Crippen LogP contribution in [0.1, 0.15) is 22.6 Å². The highest BCUT2D eigenvalue weighted by molar-refractivity contribution is 7.98. The lowest BCUT2D eigenvalue weighted by atomic mass is 10.1. The summed E-state index contributed by atoms with van der Waals surface area (Å²) in [6.07, 6.45) is 0. The first-order valence-electron chi connectivity index (χ1n) is 6.55. The zero-order chi connectivity index (χ0) is 14.8. The minimum atomic E-state index is 0.645. The van der Waals surface area contributed by atoms with Gasteiger partial charge in [-0.2, -0.15) is 4.68 Å². The molecule has 0 radical (unpaired) electrons. The molecule has 0 atom stereocenters. The Morgan fingerprint density at radius 1 is 1.24 bits per heavy atom. The lowest BCUT2D eigenvalue weighted by Gasteiger charge is -2.09. The molecule has 0 fully saturated rings. The SMILES string of the molecule is Cc1cc(CSc2nnnn2-c2cccc(C)c2C)on1. The molecule has 21 heavy (non-hydrogen) atoms. The van der Waals surface area contributed by atoms with Crippen LogP contribution in [0.15, 0.2) is 33.9 Å². The molecule has 1 aromatic carbocycles. The fourth-order valence-corrected chi connectivity index (χ4v) is 2.76. The normalized spacial score (nSPS) is 11.0. The molecule has 2 aromatic heterocycles. The molecule has 0 aliphatic heterocycles. The first-order chi connectivity index (χ1) is 10.1. The molecule has 0 unspecified atom stereocenters. The van der Waals surface area contributed by atoms with Crippen LogP contribution in [0.4, 0.5) is 0 Å². The molecule has 0 aliphatic rings. The molecule has 7 heteroatoms. The van der Waals surface area contributed by atoms with Crippen molar-refractivity contribution < 1.29 is 4.52 Å². The first-order valence-corrected chi connectivity index (χ1v) is 7.53. The van der Waals surface area contributed by atoms with Gasteiger partial charge in [0, 0.05) is 6.07 Å². The van der Waals surface area contributed by atoms with Gasteiger partial charge in [-0.05, 0) is 48.4 Å². The van der Waals surface area contributed by atoms with E-state index in [1.165, 1.54) is 22.9 Å². The third-order valence-corrected chi connectivity index (χ3v) is 4.21. The Balaban J connectivity index is 1.85. The van der Waals surface area contributed by atoms with Crippen LogP contribution in [0.2, 0.25) is 0 Å². The fraction of sp³-hybridized carbons (Fsp3) is 0.286. The second-order valence-corrected chi connectivity index (χ2v) is 5.76. The van der Waals surface area contributed by atoms with Crippen LogP contribution in [-0.4, -0.2) is 25.4 Å². The van der Waals surface area contributed by atoms with Crippen LogP contribution >= 0.6 is 11.8 Å². The summed E-state index contributed by atoms with van der Waals surface area (Å²) in [6.45, 7) is 6.05. The smallest absolute Gasteiger partial charge is 0.214 e. The van der Waals surface area contributed by atoms with Gasteiger partial charge in [-0.1, -0.05) is 29.1 Å². The molecule has 6 nitrogen and oxygen atoms in total. The molecule has 0 amide bonds. The van der Waals surface area contributed by atoms with Gasteiger partial charge < -0.3 is 4.52 Å². The predicted molar refractivity (Wildman–Crippen MR) is 79.4 cm³/mol. The minimum Gasteiger partial charge on any atom is -0.360 e. The van der Waals surface area contributed by atoms with Crippen LogP contribution in [0.3, 0.4) is 0 Å². The monoisotopic (exact) mass is 301 g/mol. The molecular formula is C14H15N5OS. The number of nitrogens with zero attached hydrogens (tertiary/aromatic N) is 5. The van der Waals surface area contributed by atoms with E-state index in [4.69, 9.17) is 4.52 Å². The number of aryl methyl sites for hydroxylation is 2. The van der Waals surface area contributed by atoms with E-state index < -0.39 is 0 Å². The molecule has 0 bridgehead atoms. The average molecular weight is 301 g/mol. The molecule has 0 saturated heterocycles. The van der Waals surface area contributed by atoms with Crippen LogP contribution in [0, 0.1) is 20.8 Å². The quantitative estimate of drug-likeness (QED) is 0.690. The maximum Gasteiger partial charge on any atom is 0.214 e. The van der Waals surface area contributed by atoms with Crippen LogP contribution in [0.5, 0.6) is 0 Å². The highest BCUT2D eigenvalue weighted by atomic mass is 32.2. The summed E-state index contributed by atoms with van der Waals surface area (Å²) in [7, 11) is 0. The standard InChI is InChI=1S/C14H15N5OS/c1-9-5-4-6-13(11(9)3)19-14(15-17-18-19)21-8-12-7-10(2)16-20-12/h4-7H,8H2,1-3H3. The average Bonchev–Trinajstić information content (AvgIpc) is 3.08. The minimum absolute atomic E-state index is 0.645. The lowest BCUT2D eigenvalue weighted by molar-refractivity contribution is 0.391. The van der Waals surface area contributed by atoms with Crippen molar-refractivity contribution in [2.75, 3.05) is 0 Å². The summed E-state index contributed by atoms with van der Waals surface area (Å²) in [5, 5.41) is 16.6. The second-order valence-electron chi connectivity index (χ2n) is 4.82. The summed E-state index contributed by atoms with van der Waals surface area (Å²) < 4.78 is 6.96. The zero-order valence-electron chi connectivity index (χ0n) is 12.1. The summed E-state index contributed by atoms with van der Waals surface area (Å²) in [6, 6.07) is 8.02. The number of rotatable bonds is 4. The molecule has 0 spiro atoms. The molecule has 2 heterocycles. The molecule has 0 saturated carbocycles. The summed E-state index contributed by atoms with van der Waals surface area (Å²) in [5.74, 6) is 1.46. The molecule has 3 rings (SSSR count). The number of hydrogen-bond donors (Lipinski definition) is 0. The van der Waals surface area contributed by atoms with E-state index in [2.05, 4.69) is 40.6 Å². The number of hydrogen-bond acceptors (Lipinski definition) is 6.